The second-order valence-corrected chi connectivity index (χ2v) is 8.60. The van der Waals surface area contributed by atoms with Crippen LogP contribution < -0.4 is 10.3 Å². The molecule has 0 saturated heterocycles. The summed E-state index contributed by atoms with van der Waals surface area (Å²) in [5, 5.41) is -0.00856. The maximum Gasteiger partial charge on any atom is 0.291 e. The van der Waals surface area contributed by atoms with Gasteiger partial charge in [0.15, 0.2) is 11.0 Å². The average Bonchev–Trinajstić information content (AvgIpc) is 3.17. The van der Waals surface area contributed by atoms with Gasteiger partial charge >= 0.3 is 0 Å². The minimum atomic E-state index is -1.67. The number of rotatable bonds is 5. The molecule has 0 saturated carbocycles. The molecule has 1 unspecified atom stereocenters. The molecule has 3 heterocycles. The molecule has 1 aromatic heterocycles. The topological polar surface area (TPSA) is 80.1 Å². The van der Waals surface area contributed by atoms with Crippen LogP contribution in [0.15, 0.2) is 51.7 Å². The van der Waals surface area contributed by atoms with E-state index in [9.17, 15) is 18.8 Å². The highest BCUT2D eigenvalue weighted by atomic mass is 19.1. The number of fused-ring (bicyclic) bond motifs is 5. The van der Waals surface area contributed by atoms with Crippen molar-refractivity contribution in [3.8, 4) is 0 Å². The van der Waals surface area contributed by atoms with Crippen LogP contribution in [0.2, 0.25) is 0 Å². The first-order valence-electron chi connectivity index (χ1n) is 10.9. The predicted molar refractivity (Wildman–Crippen MR) is 120 cm³/mol. The predicted octanol–water partition coefficient (Wildman–Crippen LogP) is 3.42. The third-order valence-corrected chi connectivity index (χ3v) is 6.31. The van der Waals surface area contributed by atoms with Crippen LogP contribution in [0, 0.1) is 5.82 Å². The Morgan fingerprint density at radius 1 is 1.12 bits per heavy atom. The Bertz CT molecular complexity index is 1360. The fourth-order valence-corrected chi connectivity index (χ4v) is 4.91. The molecule has 0 N–H and O–H groups in total. The average molecular weight is 450 g/mol. The number of carbonyl (C=O) groups is 2. The van der Waals surface area contributed by atoms with Crippen LogP contribution in [-0.4, -0.2) is 43.0 Å². The van der Waals surface area contributed by atoms with Crippen LogP contribution in [0.25, 0.3) is 11.0 Å². The maximum atomic E-state index is 14.0. The number of benzene rings is 2. The van der Waals surface area contributed by atoms with E-state index in [2.05, 4.69) is 0 Å². The van der Waals surface area contributed by atoms with Crippen molar-refractivity contribution in [1.82, 2.24) is 4.90 Å². The Kier molecular flexibility index (Phi) is 4.86. The van der Waals surface area contributed by atoms with Gasteiger partial charge in [0, 0.05) is 31.5 Å². The first-order chi connectivity index (χ1) is 15.8. The van der Waals surface area contributed by atoms with E-state index in [0.717, 1.165) is 12.1 Å². The third-order valence-electron chi connectivity index (χ3n) is 6.31. The van der Waals surface area contributed by atoms with E-state index >= 15 is 0 Å². The van der Waals surface area contributed by atoms with E-state index < -0.39 is 28.6 Å². The van der Waals surface area contributed by atoms with Crippen LogP contribution in [0.1, 0.15) is 41.9 Å². The number of hydrogen-bond acceptors (Lipinski definition) is 5. The van der Waals surface area contributed by atoms with Crippen molar-refractivity contribution in [3.05, 3.63) is 75.4 Å². The highest BCUT2D eigenvalue weighted by Crippen LogP contribution is 2.52. The standard InChI is InChI=1S/C25H23FN2O5/c1-14(2)32-12-6-11-28-23(30)22-20(21(29)16-13-15(26)9-10-19(16)33-22)25(28)17-7-4-5-8-18(17)27(3)24(25)31/h4-5,7-10,13-14H,6,11-12H2,1-3H3. The van der Waals surface area contributed by atoms with Gasteiger partial charge in [0.05, 0.1) is 17.1 Å². The van der Waals surface area contributed by atoms with Crippen molar-refractivity contribution in [3.63, 3.8) is 0 Å². The Morgan fingerprint density at radius 2 is 1.88 bits per heavy atom. The lowest BCUT2D eigenvalue weighted by Crippen LogP contribution is -2.53. The Labute approximate surface area is 189 Å². The highest BCUT2D eigenvalue weighted by molar-refractivity contribution is 6.16. The van der Waals surface area contributed by atoms with Gasteiger partial charge in [0.1, 0.15) is 11.4 Å². The third kappa shape index (κ3) is 2.87. The summed E-state index contributed by atoms with van der Waals surface area (Å²) in [4.78, 5) is 44.0. The Hall–Kier alpha value is -3.52. The lowest BCUT2D eigenvalue weighted by Gasteiger charge is -2.34. The summed E-state index contributed by atoms with van der Waals surface area (Å²) < 4.78 is 25.5. The second kappa shape index (κ2) is 7.52. The number of anilines is 1. The maximum absolute atomic E-state index is 14.0. The zero-order valence-electron chi connectivity index (χ0n) is 18.6. The molecule has 170 valence electrons. The van der Waals surface area contributed by atoms with Crippen molar-refractivity contribution >= 4 is 28.5 Å². The molecule has 5 rings (SSSR count). The summed E-state index contributed by atoms with van der Waals surface area (Å²) in [6.07, 6.45) is 0.482. The molecule has 2 amide bonds. The number of amides is 2. The summed E-state index contributed by atoms with van der Waals surface area (Å²) in [7, 11) is 1.61. The molecule has 33 heavy (non-hydrogen) atoms. The quantitative estimate of drug-likeness (QED) is 0.557. The fourth-order valence-electron chi connectivity index (χ4n) is 4.91. The summed E-state index contributed by atoms with van der Waals surface area (Å²) >= 11 is 0. The smallest absolute Gasteiger partial charge is 0.291 e. The van der Waals surface area contributed by atoms with Crippen LogP contribution in [0.5, 0.6) is 0 Å². The number of hydrogen-bond donors (Lipinski definition) is 0. The molecule has 0 radical (unpaired) electrons. The van der Waals surface area contributed by atoms with Crippen LogP contribution in [0.4, 0.5) is 10.1 Å². The molecule has 2 aromatic carbocycles. The molecule has 1 spiro atoms. The number of nitrogens with zero attached hydrogens (tertiary/aromatic N) is 2. The van der Waals surface area contributed by atoms with E-state index in [1.165, 1.54) is 15.9 Å². The first kappa shape index (κ1) is 21.3. The van der Waals surface area contributed by atoms with E-state index in [1.54, 1.807) is 31.3 Å². The largest absolute Gasteiger partial charge is 0.450 e. The fraction of sp³-hybridized carbons (Fsp3) is 0.320. The zero-order valence-corrected chi connectivity index (χ0v) is 18.6. The summed E-state index contributed by atoms with van der Waals surface area (Å²) in [6, 6.07) is 10.6. The van der Waals surface area contributed by atoms with E-state index in [4.69, 9.17) is 9.15 Å². The molecule has 0 aliphatic carbocycles. The van der Waals surface area contributed by atoms with Gasteiger partial charge in [-0.2, -0.15) is 0 Å². The number of para-hydroxylation sites is 1. The molecule has 0 bridgehead atoms. The normalized spacial score (nSPS) is 19.3. The summed E-state index contributed by atoms with van der Waals surface area (Å²) in [5.74, 6) is -1.76. The monoisotopic (exact) mass is 450 g/mol. The molecular formula is C25H23FN2O5. The Balaban J connectivity index is 1.77. The summed E-state index contributed by atoms with van der Waals surface area (Å²) in [6.45, 7) is 4.39. The number of ether oxygens (including phenoxy) is 1. The van der Waals surface area contributed by atoms with Crippen molar-refractivity contribution in [2.24, 2.45) is 0 Å². The van der Waals surface area contributed by atoms with Gasteiger partial charge in [0.2, 0.25) is 5.76 Å². The van der Waals surface area contributed by atoms with E-state index in [-0.39, 0.29) is 34.9 Å². The van der Waals surface area contributed by atoms with Crippen molar-refractivity contribution in [1.29, 1.82) is 0 Å². The number of carbonyl (C=O) groups excluding carboxylic acids is 2. The van der Waals surface area contributed by atoms with Gasteiger partial charge in [0.25, 0.3) is 11.8 Å². The van der Waals surface area contributed by atoms with Crippen molar-refractivity contribution < 1.29 is 23.1 Å². The van der Waals surface area contributed by atoms with E-state index in [0.29, 0.717) is 24.3 Å². The first-order valence-corrected chi connectivity index (χ1v) is 10.9. The van der Waals surface area contributed by atoms with Crippen LogP contribution >= 0.6 is 0 Å². The van der Waals surface area contributed by atoms with Gasteiger partial charge < -0.3 is 19.0 Å². The van der Waals surface area contributed by atoms with Crippen molar-refractivity contribution in [2.45, 2.75) is 31.9 Å². The number of halogens is 1. The van der Waals surface area contributed by atoms with Gasteiger partial charge in [-0.25, -0.2) is 4.39 Å². The molecule has 3 aromatic rings. The minimum Gasteiger partial charge on any atom is -0.450 e. The molecule has 1 atom stereocenters. The Morgan fingerprint density at radius 3 is 2.64 bits per heavy atom. The highest BCUT2D eigenvalue weighted by Gasteiger charge is 2.64. The van der Waals surface area contributed by atoms with Crippen LogP contribution in [-0.2, 0) is 15.1 Å². The lowest BCUT2D eigenvalue weighted by molar-refractivity contribution is -0.125. The SMILES string of the molecule is CC(C)OCCCN1C(=O)c2oc3ccc(F)cc3c(=O)c2C12C(=O)N(C)c1ccccc12. The molecule has 0 fully saturated rings. The zero-order chi connectivity index (χ0) is 23.5. The molecule has 2 aliphatic heterocycles. The van der Waals surface area contributed by atoms with Crippen LogP contribution in [0.3, 0.4) is 0 Å². The van der Waals surface area contributed by atoms with E-state index in [1.807, 2.05) is 13.8 Å². The number of likely N-dealkylation sites (N-methyl/N-ethyl adjacent to an activating group) is 1. The second-order valence-electron chi connectivity index (χ2n) is 8.60. The minimum absolute atomic E-state index is 0.00856. The molecule has 8 heteroatoms. The van der Waals surface area contributed by atoms with Crippen molar-refractivity contribution in [2.75, 3.05) is 25.1 Å². The van der Waals surface area contributed by atoms with Gasteiger partial charge in [-0.15, -0.1) is 0 Å². The van der Waals surface area contributed by atoms with Gasteiger partial charge in [-0.1, -0.05) is 18.2 Å². The molecule has 7 nitrogen and oxygen atoms in total. The summed E-state index contributed by atoms with van der Waals surface area (Å²) in [5.41, 5.74) is -1.09. The molecule has 2 aliphatic rings. The van der Waals surface area contributed by atoms with Gasteiger partial charge in [-0.3, -0.25) is 14.4 Å². The molecular weight excluding hydrogens is 427 g/mol. The lowest BCUT2D eigenvalue weighted by atomic mass is 9.84. The van der Waals surface area contributed by atoms with Gasteiger partial charge in [-0.05, 0) is 44.5 Å².